The molecule has 1 unspecified atom stereocenters. The molecule has 0 saturated carbocycles. The van der Waals surface area contributed by atoms with Crippen molar-refractivity contribution in [3.05, 3.63) is 16.7 Å². The first-order valence-electron chi connectivity index (χ1n) is 5.71. The fourth-order valence-corrected chi connectivity index (χ4v) is 2.91. The Hall–Kier alpha value is -0.810. The Morgan fingerprint density at radius 1 is 1.59 bits per heavy atom. The van der Waals surface area contributed by atoms with Crippen LogP contribution < -0.4 is 10.6 Å². The fraction of sp³-hybridized carbons (Fsp3) is 0.583. The first kappa shape index (κ1) is 12.6. The lowest BCUT2D eigenvalue weighted by atomic mass is 10.1. The average Bonchev–Trinajstić information content (AvgIpc) is 2.13. The van der Waals surface area contributed by atoms with Crippen LogP contribution in [-0.2, 0) is 4.74 Å². The predicted molar refractivity (Wildman–Crippen MR) is 73.2 cm³/mol. The predicted octanol–water partition coefficient (Wildman–Crippen LogP) is 2.43. The molecule has 1 aliphatic rings. The van der Waals surface area contributed by atoms with Gasteiger partial charge in [0.2, 0.25) is 0 Å². The van der Waals surface area contributed by atoms with Crippen molar-refractivity contribution in [3.63, 3.8) is 0 Å². The lowest BCUT2D eigenvalue weighted by Crippen LogP contribution is -2.52. The minimum atomic E-state index is -0.153. The normalized spacial score (nSPS) is 23.8. The summed E-state index contributed by atoms with van der Waals surface area (Å²) < 4.78 is 6.81. The molecular formula is C12H18BrN3O. The molecule has 0 radical (unpaired) electrons. The van der Waals surface area contributed by atoms with E-state index in [0.717, 1.165) is 23.4 Å². The van der Waals surface area contributed by atoms with Gasteiger partial charge < -0.3 is 15.4 Å². The van der Waals surface area contributed by atoms with Gasteiger partial charge in [0, 0.05) is 13.1 Å². The van der Waals surface area contributed by atoms with Crippen LogP contribution >= 0.6 is 15.9 Å². The van der Waals surface area contributed by atoms with Crippen LogP contribution in [-0.4, -0.2) is 29.8 Å². The number of halogens is 1. The van der Waals surface area contributed by atoms with Crippen molar-refractivity contribution >= 4 is 27.4 Å². The molecule has 1 aromatic heterocycles. The van der Waals surface area contributed by atoms with Crippen LogP contribution in [0.1, 0.15) is 20.8 Å². The minimum Gasteiger partial charge on any atom is -0.397 e. The zero-order valence-electron chi connectivity index (χ0n) is 10.4. The van der Waals surface area contributed by atoms with Crippen molar-refractivity contribution in [3.8, 4) is 0 Å². The van der Waals surface area contributed by atoms with Gasteiger partial charge in [-0.2, -0.15) is 0 Å². The molecule has 2 heterocycles. The van der Waals surface area contributed by atoms with E-state index in [1.807, 2.05) is 6.07 Å². The zero-order valence-corrected chi connectivity index (χ0v) is 12.0. The second kappa shape index (κ2) is 4.46. The highest BCUT2D eigenvalue weighted by molar-refractivity contribution is 9.10. The number of ether oxygens (including phenoxy) is 1. The first-order chi connectivity index (χ1) is 7.87. The first-order valence-corrected chi connectivity index (χ1v) is 6.50. The van der Waals surface area contributed by atoms with E-state index in [-0.39, 0.29) is 11.7 Å². The molecular weight excluding hydrogens is 282 g/mol. The van der Waals surface area contributed by atoms with Crippen molar-refractivity contribution in [2.75, 3.05) is 23.7 Å². The van der Waals surface area contributed by atoms with Crippen LogP contribution in [0.4, 0.5) is 11.5 Å². The molecule has 0 amide bonds. The number of hydrogen-bond acceptors (Lipinski definition) is 4. The Labute approximate surface area is 110 Å². The van der Waals surface area contributed by atoms with E-state index < -0.39 is 0 Å². The van der Waals surface area contributed by atoms with Gasteiger partial charge in [0.15, 0.2) is 0 Å². The lowest BCUT2D eigenvalue weighted by molar-refractivity contribution is -0.0752. The highest BCUT2D eigenvalue weighted by atomic mass is 79.9. The van der Waals surface area contributed by atoms with Gasteiger partial charge in [0.05, 0.1) is 28.1 Å². The number of nitrogen functional groups attached to an aromatic ring is 1. The maximum atomic E-state index is 5.88. The quantitative estimate of drug-likeness (QED) is 0.865. The number of rotatable bonds is 1. The molecule has 94 valence electrons. The number of morpholine rings is 1. The molecule has 5 heteroatoms. The van der Waals surface area contributed by atoms with Crippen LogP contribution in [0.3, 0.4) is 0 Å². The summed E-state index contributed by atoms with van der Waals surface area (Å²) >= 11 is 3.52. The summed E-state index contributed by atoms with van der Waals surface area (Å²) in [4.78, 5) is 6.63. The van der Waals surface area contributed by atoms with Crippen LogP contribution in [0.2, 0.25) is 0 Å². The third kappa shape index (κ3) is 2.90. The molecule has 2 N–H and O–H groups in total. The molecule has 17 heavy (non-hydrogen) atoms. The number of aromatic nitrogens is 1. The summed E-state index contributed by atoms with van der Waals surface area (Å²) in [6, 6.07) is 1.88. The van der Waals surface area contributed by atoms with E-state index >= 15 is 0 Å². The summed E-state index contributed by atoms with van der Waals surface area (Å²) in [5.41, 5.74) is 6.22. The van der Waals surface area contributed by atoms with Gasteiger partial charge in [-0.05, 0) is 42.8 Å². The molecule has 1 aromatic rings. The topological polar surface area (TPSA) is 51.4 Å². The van der Waals surface area contributed by atoms with Crippen LogP contribution in [0.25, 0.3) is 0 Å². The Morgan fingerprint density at radius 2 is 2.29 bits per heavy atom. The van der Waals surface area contributed by atoms with E-state index in [4.69, 9.17) is 10.5 Å². The molecule has 1 fully saturated rings. The summed E-state index contributed by atoms with van der Waals surface area (Å²) in [5, 5.41) is 0. The largest absolute Gasteiger partial charge is 0.397 e. The second-order valence-corrected chi connectivity index (χ2v) is 6.00. The lowest BCUT2D eigenvalue weighted by Gasteiger charge is -2.42. The molecule has 4 nitrogen and oxygen atoms in total. The third-order valence-corrected chi connectivity index (χ3v) is 3.30. The van der Waals surface area contributed by atoms with E-state index in [1.165, 1.54) is 0 Å². The molecule has 1 aliphatic heterocycles. The highest BCUT2D eigenvalue weighted by Gasteiger charge is 2.32. The summed E-state index contributed by atoms with van der Waals surface area (Å²) in [6.07, 6.45) is 1.89. The average molecular weight is 300 g/mol. The Morgan fingerprint density at radius 3 is 2.88 bits per heavy atom. The van der Waals surface area contributed by atoms with E-state index in [9.17, 15) is 0 Å². The van der Waals surface area contributed by atoms with Crippen molar-refractivity contribution in [2.24, 2.45) is 0 Å². The molecule has 0 aromatic carbocycles. The number of pyridine rings is 1. The molecule has 2 rings (SSSR count). The van der Waals surface area contributed by atoms with Gasteiger partial charge in [-0.15, -0.1) is 0 Å². The van der Waals surface area contributed by atoms with Gasteiger partial charge in [-0.3, -0.25) is 0 Å². The van der Waals surface area contributed by atoms with Crippen LogP contribution in [0.5, 0.6) is 0 Å². The van der Waals surface area contributed by atoms with E-state index in [1.54, 1.807) is 6.20 Å². The van der Waals surface area contributed by atoms with Crippen molar-refractivity contribution in [1.82, 2.24) is 4.98 Å². The standard InChI is InChI=1S/C12H18BrN3O/c1-8-6-16(7-12(2,3)17-8)11-10(13)4-9(14)5-15-11/h4-5,8H,6-7,14H2,1-3H3. The van der Waals surface area contributed by atoms with Crippen LogP contribution in [0, 0.1) is 0 Å². The maximum Gasteiger partial charge on any atom is 0.143 e. The van der Waals surface area contributed by atoms with E-state index in [2.05, 4.69) is 46.6 Å². The zero-order chi connectivity index (χ0) is 12.6. The summed E-state index contributed by atoms with van der Waals surface area (Å²) in [5.74, 6) is 0.933. The Kier molecular flexibility index (Phi) is 3.32. The maximum absolute atomic E-state index is 5.88. The van der Waals surface area contributed by atoms with Gasteiger partial charge >= 0.3 is 0 Å². The molecule has 1 atom stereocenters. The van der Waals surface area contributed by atoms with Gasteiger partial charge in [0.25, 0.3) is 0 Å². The van der Waals surface area contributed by atoms with Crippen molar-refractivity contribution in [2.45, 2.75) is 32.5 Å². The summed E-state index contributed by atoms with van der Waals surface area (Å²) in [7, 11) is 0. The number of nitrogens with two attached hydrogens (primary N) is 1. The fourth-order valence-electron chi connectivity index (χ4n) is 2.29. The number of anilines is 2. The SMILES string of the molecule is CC1CN(c2ncc(N)cc2Br)CC(C)(C)O1. The van der Waals surface area contributed by atoms with Gasteiger partial charge in [-0.25, -0.2) is 4.98 Å². The van der Waals surface area contributed by atoms with Crippen LogP contribution in [0.15, 0.2) is 16.7 Å². The Balaban J connectivity index is 2.27. The summed E-state index contributed by atoms with van der Waals surface area (Å²) in [6.45, 7) is 7.95. The molecule has 0 spiro atoms. The smallest absolute Gasteiger partial charge is 0.143 e. The molecule has 0 aliphatic carbocycles. The molecule has 1 saturated heterocycles. The number of nitrogens with zero attached hydrogens (tertiary/aromatic N) is 2. The van der Waals surface area contributed by atoms with Crippen molar-refractivity contribution < 1.29 is 4.74 Å². The molecule has 0 bridgehead atoms. The highest BCUT2D eigenvalue weighted by Crippen LogP contribution is 2.30. The van der Waals surface area contributed by atoms with Crippen molar-refractivity contribution in [1.29, 1.82) is 0 Å². The number of hydrogen-bond donors (Lipinski definition) is 1. The minimum absolute atomic E-state index is 0.153. The Bertz CT molecular complexity index is 422. The third-order valence-electron chi connectivity index (χ3n) is 2.71. The van der Waals surface area contributed by atoms with Gasteiger partial charge in [0.1, 0.15) is 5.82 Å². The van der Waals surface area contributed by atoms with Gasteiger partial charge in [-0.1, -0.05) is 0 Å². The second-order valence-electron chi connectivity index (χ2n) is 5.14. The van der Waals surface area contributed by atoms with E-state index in [0.29, 0.717) is 5.69 Å². The monoisotopic (exact) mass is 299 g/mol.